The molecule has 1 aromatic heterocycles. The Kier molecular flexibility index (Phi) is 6.26. The highest BCUT2D eigenvalue weighted by Crippen LogP contribution is 2.09. The van der Waals surface area contributed by atoms with E-state index in [9.17, 15) is 0 Å². The molecule has 1 heterocycles. The summed E-state index contributed by atoms with van der Waals surface area (Å²) in [5.74, 6) is 2.15. The molecule has 1 N–H and O–H groups in total. The molecule has 0 aliphatic rings. The molecule has 0 aliphatic heterocycles. The van der Waals surface area contributed by atoms with Gasteiger partial charge in [0.15, 0.2) is 0 Å². The van der Waals surface area contributed by atoms with Crippen molar-refractivity contribution in [1.82, 2.24) is 9.88 Å². The fraction of sp³-hybridized carbons (Fsp3) is 0.583. The van der Waals surface area contributed by atoms with Crippen molar-refractivity contribution in [3.8, 4) is 0 Å². The average Bonchev–Trinajstić information content (AvgIpc) is 2.27. The summed E-state index contributed by atoms with van der Waals surface area (Å²) in [6, 6.07) is 4.20. The van der Waals surface area contributed by atoms with Gasteiger partial charge in [-0.1, -0.05) is 0 Å². The minimum atomic E-state index is 0.915. The van der Waals surface area contributed by atoms with Crippen molar-refractivity contribution in [1.29, 1.82) is 0 Å². The van der Waals surface area contributed by atoms with Gasteiger partial charge >= 0.3 is 0 Å². The zero-order valence-electron chi connectivity index (χ0n) is 10.4. The van der Waals surface area contributed by atoms with Crippen LogP contribution < -0.4 is 5.32 Å². The minimum Gasteiger partial charge on any atom is -0.370 e. The van der Waals surface area contributed by atoms with Crippen LogP contribution in [0.5, 0.6) is 0 Å². The van der Waals surface area contributed by atoms with Crippen LogP contribution in [0.1, 0.15) is 12.5 Å². The molecule has 4 heteroatoms. The van der Waals surface area contributed by atoms with E-state index in [4.69, 9.17) is 0 Å². The van der Waals surface area contributed by atoms with Gasteiger partial charge in [0.25, 0.3) is 0 Å². The topological polar surface area (TPSA) is 28.2 Å². The molecule has 0 amide bonds. The van der Waals surface area contributed by atoms with Crippen LogP contribution in [0.15, 0.2) is 18.3 Å². The maximum atomic E-state index is 4.26. The van der Waals surface area contributed by atoms with E-state index in [1.807, 2.05) is 18.0 Å². The lowest BCUT2D eigenvalue weighted by molar-refractivity contribution is 0.349. The molecule has 0 saturated carbocycles. The molecule has 0 fully saturated rings. The highest BCUT2D eigenvalue weighted by Gasteiger charge is 2.01. The molecule has 0 aromatic carbocycles. The number of hydrogen-bond donors (Lipinski definition) is 1. The van der Waals surface area contributed by atoms with Gasteiger partial charge in [0.1, 0.15) is 5.82 Å². The Morgan fingerprint density at radius 1 is 1.50 bits per heavy atom. The first kappa shape index (κ1) is 13.3. The Labute approximate surface area is 103 Å². The smallest absolute Gasteiger partial charge is 0.126 e. The maximum absolute atomic E-state index is 4.26. The molecule has 0 atom stereocenters. The van der Waals surface area contributed by atoms with Crippen LogP contribution in [-0.2, 0) is 6.54 Å². The van der Waals surface area contributed by atoms with E-state index in [1.54, 1.807) is 0 Å². The molecule has 0 spiro atoms. The summed E-state index contributed by atoms with van der Waals surface area (Å²) >= 11 is 1.89. The average molecular weight is 239 g/mol. The molecule has 1 rings (SSSR count). The zero-order chi connectivity index (χ0) is 11.8. The van der Waals surface area contributed by atoms with Crippen LogP contribution in [0.2, 0.25) is 0 Å². The second-order valence-electron chi connectivity index (χ2n) is 3.81. The lowest BCUT2D eigenvalue weighted by Gasteiger charge is -2.16. The number of rotatable bonds is 7. The number of thioether (sulfide) groups is 1. The van der Waals surface area contributed by atoms with E-state index >= 15 is 0 Å². The third-order valence-electron chi connectivity index (χ3n) is 2.31. The van der Waals surface area contributed by atoms with E-state index in [1.165, 1.54) is 11.3 Å². The van der Waals surface area contributed by atoms with Crippen LogP contribution in [-0.4, -0.2) is 42.0 Å². The third-order valence-corrected chi connectivity index (χ3v) is 2.90. The molecule has 0 unspecified atom stereocenters. The summed E-state index contributed by atoms with van der Waals surface area (Å²) < 4.78 is 0. The fourth-order valence-corrected chi connectivity index (χ4v) is 1.98. The van der Waals surface area contributed by atoms with Crippen LogP contribution in [0, 0.1) is 0 Å². The third kappa shape index (κ3) is 4.86. The van der Waals surface area contributed by atoms with Gasteiger partial charge < -0.3 is 10.2 Å². The monoisotopic (exact) mass is 239 g/mol. The number of hydrogen-bond acceptors (Lipinski definition) is 4. The van der Waals surface area contributed by atoms with Gasteiger partial charge in [-0.25, -0.2) is 4.98 Å². The lowest BCUT2D eigenvalue weighted by Crippen LogP contribution is -2.20. The van der Waals surface area contributed by atoms with Crippen LogP contribution >= 0.6 is 11.8 Å². The Morgan fingerprint density at radius 2 is 2.31 bits per heavy atom. The summed E-state index contributed by atoms with van der Waals surface area (Å²) in [5, 5.41) is 3.23. The molecule has 1 aromatic rings. The van der Waals surface area contributed by atoms with E-state index < -0.39 is 0 Å². The van der Waals surface area contributed by atoms with Gasteiger partial charge in [0, 0.05) is 31.6 Å². The van der Waals surface area contributed by atoms with E-state index in [2.05, 4.69) is 47.6 Å². The Balaban J connectivity index is 2.49. The minimum absolute atomic E-state index is 0.915. The zero-order valence-corrected chi connectivity index (χ0v) is 11.2. The SMILES string of the molecule is CCNc1cc(CN(C)CCSC)ccn1. The van der Waals surface area contributed by atoms with Gasteiger partial charge in [-0.3, -0.25) is 0 Å². The van der Waals surface area contributed by atoms with Crippen molar-refractivity contribution in [3.05, 3.63) is 23.9 Å². The van der Waals surface area contributed by atoms with E-state index in [0.29, 0.717) is 0 Å². The normalized spacial score (nSPS) is 10.8. The fourth-order valence-electron chi connectivity index (χ4n) is 1.49. The van der Waals surface area contributed by atoms with Crippen molar-refractivity contribution in [3.63, 3.8) is 0 Å². The number of pyridine rings is 1. The summed E-state index contributed by atoms with van der Waals surface area (Å²) in [6.45, 7) is 5.11. The van der Waals surface area contributed by atoms with Crippen LogP contribution in [0.3, 0.4) is 0 Å². The summed E-state index contributed by atoms with van der Waals surface area (Å²) in [4.78, 5) is 6.60. The van der Waals surface area contributed by atoms with Gasteiger partial charge in [-0.2, -0.15) is 11.8 Å². The Bertz CT molecular complexity index is 304. The first-order valence-electron chi connectivity index (χ1n) is 5.62. The van der Waals surface area contributed by atoms with Gasteiger partial charge in [-0.05, 0) is 37.9 Å². The molecule has 16 heavy (non-hydrogen) atoms. The Morgan fingerprint density at radius 3 is 3.00 bits per heavy atom. The molecule has 0 radical (unpaired) electrons. The predicted molar refractivity (Wildman–Crippen MR) is 73.1 cm³/mol. The number of anilines is 1. The Hall–Kier alpha value is -0.740. The van der Waals surface area contributed by atoms with Gasteiger partial charge in [-0.15, -0.1) is 0 Å². The van der Waals surface area contributed by atoms with Crippen molar-refractivity contribution in [2.75, 3.05) is 37.5 Å². The predicted octanol–water partition coefficient (Wildman–Crippen LogP) is 2.31. The molecule has 3 nitrogen and oxygen atoms in total. The molecule has 0 bridgehead atoms. The molecular formula is C12H21N3S. The standard InChI is InChI=1S/C12H21N3S/c1-4-13-12-9-11(5-6-14-12)10-15(2)7-8-16-3/h5-6,9H,4,7-8,10H2,1-3H3,(H,13,14). The van der Waals surface area contributed by atoms with Crippen molar-refractivity contribution in [2.45, 2.75) is 13.5 Å². The number of nitrogens with one attached hydrogen (secondary N) is 1. The first-order valence-corrected chi connectivity index (χ1v) is 7.02. The number of nitrogens with zero attached hydrogens (tertiary/aromatic N) is 2. The summed E-state index contributed by atoms with van der Waals surface area (Å²) in [5.41, 5.74) is 1.31. The second-order valence-corrected chi connectivity index (χ2v) is 4.80. The van der Waals surface area contributed by atoms with Crippen molar-refractivity contribution < 1.29 is 0 Å². The largest absolute Gasteiger partial charge is 0.370 e. The number of aromatic nitrogens is 1. The lowest BCUT2D eigenvalue weighted by atomic mass is 10.2. The highest BCUT2D eigenvalue weighted by molar-refractivity contribution is 7.98. The highest BCUT2D eigenvalue weighted by atomic mass is 32.2. The summed E-state index contributed by atoms with van der Waals surface area (Å²) in [7, 11) is 2.16. The van der Waals surface area contributed by atoms with E-state index in [-0.39, 0.29) is 0 Å². The van der Waals surface area contributed by atoms with Crippen LogP contribution in [0.4, 0.5) is 5.82 Å². The second kappa shape index (κ2) is 7.52. The maximum Gasteiger partial charge on any atom is 0.126 e. The molecule has 90 valence electrons. The van der Waals surface area contributed by atoms with Gasteiger partial charge in [0.05, 0.1) is 0 Å². The van der Waals surface area contributed by atoms with Gasteiger partial charge in [0.2, 0.25) is 0 Å². The quantitative estimate of drug-likeness (QED) is 0.790. The molecular weight excluding hydrogens is 218 g/mol. The van der Waals surface area contributed by atoms with Crippen molar-refractivity contribution >= 4 is 17.6 Å². The first-order chi connectivity index (χ1) is 7.76. The van der Waals surface area contributed by atoms with Crippen molar-refractivity contribution in [2.24, 2.45) is 0 Å². The summed E-state index contributed by atoms with van der Waals surface area (Å²) in [6.07, 6.45) is 4.01. The molecule has 0 aliphatic carbocycles. The van der Waals surface area contributed by atoms with Crippen LogP contribution in [0.25, 0.3) is 0 Å². The molecule has 0 saturated heterocycles. The van der Waals surface area contributed by atoms with E-state index in [0.717, 1.165) is 25.5 Å².